The van der Waals surface area contributed by atoms with Crippen LogP contribution in [0, 0.1) is 13.8 Å². The fourth-order valence-corrected chi connectivity index (χ4v) is 3.55. The number of aromatic nitrogens is 2. The Morgan fingerprint density at radius 3 is 2.66 bits per heavy atom. The number of rotatable bonds is 5. The molecule has 1 aliphatic carbocycles. The van der Waals surface area contributed by atoms with Crippen LogP contribution in [0.15, 0.2) is 81.9 Å². The van der Waals surface area contributed by atoms with Crippen molar-refractivity contribution < 1.29 is 15.0 Å². The Labute approximate surface area is 183 Å². The average molecular weight is 430 g/mol. The second-order valence-corrected chi connectivity index (χ2v) is 7.74. The lowest BCUT2D eigenvalue weighted by molar-refractivity contribution is -0.141. The summed E-state index contributed by atoms with van der Waals surface area (Å²) in [7, 11) is 0. The molecule has 0 fully saturated rings. The van der Waals surface area contributed by atoms with Gasteiger partial charge in [0, 0.05) is 12.0 Å². The third-order valence-electron chi connectivity index (χ3n) is 5.59. The standard InChI is InChI=1S/C24H22N4O4/c1-15-9-10-18(12-16(15)2)28-22(30)20(14-25-28)26-27-24(23(31)32)11-5-6-17(13-24)19-7-3-4-8-21(19)29/h3-12,14,25,29H,13H2,1-2H3,(H,31,32). The predicted octanol–water partition coefficient (Wildman–Crippen LogP) is 4.44. The molecule has 0 spiro atoms. The summed E-state index contributed by atoms with van der Waals surface area (Å²) < 4.78 is 1.33. The van der Waals surface area contributed by atoms with E-state index in [1.807, 2.05) is 32.0 Å². The van der Waals surface area contributed by atoms with E-state index in [1.165, 1.54) is 23.0 Å². The highest BCUT2D eigenvalue weighted by Crippen LogP contribution is 2.37. The maximum absolute atomic E-state index is 12.8. The van der Waals surface area contributed by atoms with E-state index in [2.05, 4.69) is 15.3 Å². The predicted molar refractivity (Wildman–Crippen MR) is 121 cm³/mol. The largest absolute Gasteiger partial charge is 0.507 e. The number of hydrogen-bond donors (Lipinski definition) is 3. The highest BCUT2D eigenvalue weighted by molar-refractivity contribution is 5.88. The second-order valence-electron chi connectivity index (χ2n) is 7.74. The van der Waals surface area contributed by atoms with E-state index >= 15 is 0 Å². The molecule has 4 rings (SSSR count). The number of nitrogens with zero attached hydrogens (tertiary/aromatic N) is 3. The number of carboxylic acid groups (broad SMARTS) is 1. The van der Waals surface area contributed by atoms with Gasteiger partial charge in [-0.25, -0.2) is 9.48 Å². The van der Waals surface area contributed by atoms with Crippen LogP contribution in [0.25, 0.3) is 11.3 Å². The molecule has 1 heterocycles. The number of aryl methyl sites for hydroxylation is 2. The number of phenols is 1. The minimum atomic E-state index is -1.69. The molecule has 0 saturated carbocycles. The Kier molecular flexibility index (Phi) is 5.36. The van der Waals surface area contributed by atoms with Crippen LogP contribution in [0.3, 0.4) is 0 Å². The van der Waals surface area contributed by atoms with Gasteiger partial charge >= 0.3 is 5.97 Å². The molecule has 0 saturated heterocycles. The van der Waals surface area contributed by atoms with E-state index < -0.39 is 17.1 Å². The lowest BCUT2D eigenvalue weighted by atomic mass is 9.84. The van der Waals surface area contributed by atoms with Crippen molar-refractivity contribution >= 4 is 17.2 Å². The van der Waals surface area contributed by atoms with Crippen molar-refractivity contribution in [2.24, 2.45) is 10.2 Å². The SMILES string of the molecule is Cc1ccc(-n2[nH]cc(N=NC3(C(=O)O)C=CC=C(c4ccccc4O)C3)c2=O)cc1C. The summed E-state index contributed by atoms with van der Waals surface area (Å²) in [5, 5.41) is 31.0. The quantitative estimate of drug-likeness (QED) is 0.518. The molecule has 3 N–H and O–H groups in total. The molecule has 8 heteroatoms. The summed E-state index contributed by atoms with van der Waals surface area (Å²) in [6.45, 7) is 3.94. The minimum absolute atomic E-state index is 0.00378. The van der Waals surface area contributed by atoms with Gasteiger partial charge in [0.15, 0.2) is 5.69 Å². The fourth-order valence-electron chi connectivity index (χ4n) is 3.55. The summed E-state index contributed by atoms with van der Waals surface area (Å²) in [5.41, 5.74) is 1.79. The van der Waals surface area contributed by atoms with Gasteiger partial charge in [-0.2, -0.15) is 5.11 Å². The average Bonchev–Trinajstić information content (AvgIpc) is 3.15. The van der Waals surface area contributed by atoms with Crippen molar-refractivity contribution in [2.45, 2.75) is 25.8 Å². The van der Waals surface area contributed by atoms with Crippen molar-refractivity contribution in [3.8, 4) is 11.4 Å². The molecular formula is C24H22N4O4. The molecule has 0 aliphatic heterocycles. The lowest BCUT2D eigenvalue weighted by Gasteiger charge is -2.24. The molecule has 0 amide bonds. The molecule has 1 unspecified atom stereocenters. The molecule has 1 aliphatic rings. The minimum Gasteiger partial charge on any atom is -0.507 e. The number of para-hydroxylation sites is 1. The van der Waals surface area contributed by atoms with Crippen molar-refractivity contribution in [1.82, 2.24) is 9.78 Å². The second kappa shape index (κ2) is 8.14. The number of H-pyrrole nitrogens is 1. The highest BCUT2D eigenvalue weighted by atomic mass is 16.4. The van der Waals surface area contributed by atoms with Gasteiger partial charge in [0.1, 0.15) is 5.75 Å². The molecular weight excluding hydrogens is 408 g/mol. The number of nitrogens with one attached hydrogen (secondary N) is 1. The van der Waals surface area contributed by atoms with Gasteiger partial charge in [-0.05, 0) is 54.8 Å². The molecule has 0 radical (unpaired) electrons. The maximum Gasteiger partial charge on any atom is 0.337 e. The van der Waals surface area contributed by atoms with E-state index in [9.17, 15) is 19.8 Å². The molecule has 8 nitrogen and oxygen atoms in total. The summed E-state index contributed by atoms with van der Waals surface area (Å²) >= 11 is 0. The number of carboxylic acids is 1. The van der Waals surface area contributed by atoms with Crippen molar-refractivity contribution in [1.29, 1.82) is 0 Å². The summed E-state index contributed by atoms with van der Waals surface area (Å²) in [4.78, 5) is 25.0. The van der Waals surface area contributed by atoms with Gasteiger partial charge in [-0.15, -0.1) is 5.11 Å². The fraction of sp³-hybridized carbons (Fsp3) is 0.167. The number of aliphatic carboxylic acids is 1. The maximum atomic E-state index is 12.8. The first-order valence-corrected chi connectivity index (χ1v) is 10.0. The third kappa shape index (κ3) is 3.78. The van der Waals surface area contributed by atoms with Crippen LogP contribution in [0.5, 0.6) is 5.75 Å². The number of aromatic hydroxyl groups is 1. The van der Waals surface area contributed by atoms with E-state index in [4.69, 9.17) is 0 Å². The number of carbonyl (C=O) groups is 1. The topological polar surface area (TPSA) is 120 Å². The number of hydrogen-bond acceptors (Lipinski definition) is 5. The van der Waals surface area contributed by atoms with Crippen LogP contribution in [0.1, 0.15) is 23.1 Å². The Morgan fingerprint density at radius 2 is 1.94 bits per heavy atom. The van der Waals surface area contributed by atoms with Gasteiger partial charge < -0.3 is 10.2 Å². The molecule has 0 bridgehead atoms. The van der Waals surface area contributed by atoms with Gasteiger partial charge in [0.05, 0.1) is 11.9 Å². The van der Waals surface area contributed by atoms with E-state index in [0.29, 0.717) is 16.8 Å². The zero-order valence-electron chi connectivity index (χ0n) is 17.6. The highest BCUT2D eigenvalue weighted by Gasteiger charge is 2.39. The Hall–Kier alpha value is -4.20. The molecule has 32 heavy (non-hydrogen) atoms. The van der Waals surface area contributed by atoms with Crippen LogP contribution in [0.2, 0.25) is 0 Å². The molecule has 3 aromatic rings. The van der Waals surface area contributed by atoms with Gasteiger partial charge in [0.25, 0.3) is 5.56 Å². The molecule has 162 valence electrons. The first kappa shape index (κ1) is 21.0. The first-order chi connectivity index (χ1) is 15.3. The zero-order valence-corrected chi connectivity index (χ0v) is 17.6. The van der Waals surface area contributed by atoms with Crippen LogP contribution < -0.4 is 5.56 Å². The molecule has 1 atom stereocenters. The summed E-state index contributed by atoms with van der Waals surface area (Å²) in [5.74, 6) is -1.16. The lowest BCUT2D eigenvalue weighted by Crippen LogP contribution is -2.35. The first-order valence-electron chi connectivity index (χ1n) is 10.0. The number of allylic oxidation sites excluding steroid dienone is 2. The molecule has 1 aromatic heterocycles. The molecule has 2 aromatic carbocycles. The number of azo groups is 1. The smallest absolute Gasteiger partial charge is 0.337 e. The van der Waals surface area contributed by atoms with E-state index in [-0.39, 0.29) is 17.9 Å². The zero-order chi connectivity index (χ0) is 22.9. The van der Waals surface area contributed by atoms with Crippen LogP contribution in [0.4, 0.5) is 5.69 Å². The van der Waals surface area contributed by atoms with Gasteiger partial charge in [-0.1, -0.05) is 36.4 Å². The van der Waals surface area contributed by atoms with Gasteiger partial charge in [-0.3, -0.25) is 9.89 Å². The van der Waals surface area contributed by atoms with Crippen LogP contribution >= 0.6 is 0 Å². The van der Waals surface area contributed by atoms with Crippen molar-refractivity contribution in [3.05, 3.63) is 93.9 Å². The third-order valence-corrected chi connectivity index (χ3v) is 5.59. The Bertz CT molecular complexity index is 1350. The Balaban J connectivity index is 1.66. The van der Waals surface area contributed by atoms with Crippen LogP contribution in [-0.4, -0.2) is 31.5 Å². The van der Waals surface area contributed by atoms with Crippen molar-refractivity contribution in [3.63, 3.8) is 0 Å². The summed E-state index contributed by atoms with van der Waals surface area (Å²) in [6.07, 6.45) is 6.10. The monoisotopic (exact) mass is 430 g/mol. The number of benzene rings is 2. The van der Waals surface area contributed by atoms with Gasteiger partial charge in [0.2, 0.25) is 5.54 Å². The number of phenolic OH excluding ortho intramolecular Hbond substituents is 1. The summed E-state index contributed by atoms with van der Waals surface area (Å²) in [6, 6.07) is 12.3. The van der Waals surface area contributed by atoms with Crippen molar-refractivity contribution in [2.75, 3.05) is 0 Å². The number of aromatic amines is 1. The Morgan fingerprint density at radius 1 is 1.16 bits per heavy atom. The van der Waals surface area contributed by atoms with E-state index in [1.54, 1.807) is 30.4 Å². The van der Waals surface area contributed by atoms with Crippen LogP contribution in [-0.2, 0) is 4.79 Å². The van der Waals surface area contributed by atoms with E-state index in [0.717, 1.165) is 11.1 Å². The normalized spacial score (nSPS) is 18.1.